The van der Waals surface area contributed by atoms with Crippen LogP contribution in [-0.2, 0) is 13.1 Å². The van der Waals surface area contributed by atoms with E-state index in [-0.39, 0.29) is 0 Å². The van der Waals surface area contributed by atoms with Gasteiger partial charge >= 0.3 is 0 Å². The lowest BCUT2D eigenvalue weighted by molar-refractivity contribution is 0.267. The van der Waals surface area contributed by atoms with Crippen LogP contribution in [0.1, 0.15) is 42.9 Å². The fraction of sp³-hybridized carbons (Fsp3) is 0.733. The highest BCUT2D eigenvalue weighted by Gasteiger charge is 2.19. The van der Waals surface area contributed by atoms with Crippen LogP contribution in [0.4, 0.5) is 0 Å². The summed E-state index contributed by atoms with van der Waals surface area (Å²) in [6.45, 7) is 9.06. The summed E-state index contributed by atoms with van der Waals surface area (Å²) < 4.78 is 0. The van der Waals surface area contributed by atoms with E-state index >= 15 is 0 Å². The molecule has 1 fully saturated rings. The topological polar surface area (TPSA) is 29.3 Å². The standard InChI is InChI=1S/C15H26N2S/c1-12(2)13-4-3-8-17(9-7-13)11-15-6-5-14(10-16)18-15/h5-6,12-13H,3-4,7-11,16H2,1-2H3. The van der Waals surface area contributed by atoms with Gasteiger partial charge in [-0.15, -0.1) is 11.3 Å². The summed E-state index contributed by atoms with van der Waals surface area (Å²) in [5.41, 5.74) is 5.67. The van der Waals surface area contributed by atoms with Gasteiger partial charge in [-0.05, 0) is 56.3 Å². The van der Waals surface area contributed by atoms with Gasteiger partial charge in [0.2, 0.25) is 0 Å². The number of likely N-dealkylation sites (tertiary alicyclic amines) is 1. The van der Waals surface area contributed by atoms with Crippen LogP contribution in [-0.4, -0.2) is 18.0 Å². The zero-order valence-electron chi connectivity index (χ0n) is 11.7. The number of hydrogen-bond donors (Lipinski definition) is 1. The molecule has 0 spiro atoms. The number of nitrogens with two attached hydrogens (primary N) is 1. The van der Waals surface area contributed by atoms with Gasteiger partial charge in [0, 0.05) is 22.8 Å². The minimum atomic E-state index is 0.681. The lowest BCUT2D eigenvalue weighted by Crippen LogP contribution is -2.24. The molecule has 1 aromatic rings. The maximum Gasteiger partial charge on any atom is 0.0328 e. The summed E-state index contributed by atoms with van der Waals surface area (Å²) in [5, 5.41) is 0. The van der Waals surface area contributed by atoms with Crippen molar-refractivity contribution in [3.05, 3.63) is 21.9 Å². The second-order valence-corrected chi connectivity index (χ2v) is 7.04. The summed E-state index contributed by atoms with van der Waals surface area (Å²) in [6, 6.07) is 4.42. The smallest absolute Gasteiger partial charge is 0.0328 e. The highest BCUT2D eigenvalue weighted by molar-refractivity contribution is 7.11. The molecule has 1 saturated heterocycles. The minimum absolute atomic E-state index is 0.681. The predicted octanol–water partition coefficient (Wildman–Crippen LogP) is 3.46. The Morgan fingerprint density at radius 2 is 2.06 bits per heavy atom. The number of hydrogen-bond acceptors (Lipinski definition) is 3. The van der Waals surface area contributed by atoms with Gasteiger partial charge in [-0.2, -0.15) is 0 Å². The first-order valence-electron chi connectivity index (χ1n) is 7.19. The quantitative estimate of drug-likeness (QED) is 0.904. The Labute approximate surface area is 115 Å². The number of rotatable bonds is 4. The molecule has 1 aliphatic rings. The van der Waals surface area contributed by atoms with Crippen molar-refractivity contribution in [3.8, 4) is 0 Å². The SMILES string of the molecule is CC(C)C1CCCN(Cc2ccc(CN)s2)CC1. The van der Waals surface area contributed by atoms with Crippen LogP contribution in [0, 0.1) is 11.8 Å². The van der Waals surface area contributed by atoms with Crippen LogP contribution in [0.5, 0.6) is 0 Å². The third-order valence-corrected chi connectivity index (χ3v) is 5.20. The first-order chi connectivity index (χ1) is 8.69. The molecule has 0 aromatic carbocycles. The predicted molar refractivity (Wildman–Crippen MR) is 79.7 cm³/mol. The van der Waals surface area contributed by atoms with Gasteiger partial charge in [0.1, 0.15) is 0 Å². The van der Waals surface area contributed by atoms with Crippen molar-refractivity contribution in [3.63, 3.8) is 0 Å². The fourth-order valence-corrected chi connectivity index (χ4v) is 3.78. The van der Waals surface area contributed by atoms with Gasteiger partial charge in [-0.1, -0.05) is 13.8 Å². The zero-order chi connectivity index (χ0) is 13.0. The molecule has 0 saturated carbocycles. The molecule has 3 heteroatoms. The molecular formula is C15H26N2S. The van der Waals surface area contributed by atoms with Gasteiger partial charge in [-0.25, -0.2) is 0 Å². The summed E-state index contributed by atoms with van der Waals surface area (Å²) in [4.78, 5) is 5.40. The molecular weight excluding hydrogens is 240 g/mol. The van der Waals surface area contributed by atoms with Gasteiger partial charge in [0.25, 0.3) is 0 Å². The van der Waals surface area contributed by atoms with E-state index in [4.69, 9.17) is 5.73 Å². The van der Waals surface area contributed by atoms with Crippen molar-refractivity contribution in [1.29, 1.82) is 0 Å². The monoisotopic (exact) mass is 266 g/mol. The van der Waals surface area contributed by atoms with Crippen LogP contribution < -0.4 is 5.73 Å². The largest absolute Gasteiger partial charge is 0.326 e. The second-order valence-electron chi connectivity index (χ2n) is 5.78. The Kier molecular flexibility index (Phi) is 5.22. The van der Waals surface area contributed by atoms with Gasteiger partial charge in [0.05, 0.1) is 0 Å². The molecule has 102 valence electrons. The van der Waals surface area contributed by atoms with E-state index in [1.54, 1.807) is 0 Å². The average molecular weight is 266 g/mol. The van der Waals surface area contributed by atoms with Crippen LogP contribution >= 0.6 is 11.3 Å². The van der Waals surface area contributed by atoms with E-state index in [0.29, 0.717) is 6.54 Å². The van der Waals surface area contributed by atoms with E-state index in [0.717, 1.165) is 18.4 Å². The third-order valence-electron chi connectivity index (χ3n) is 4.11. The molecule has 2 nitrogen and oxygen atoms in total. The summed E-state index contributed by atoms with van der Waals surface area (Å²) in [5.74, 6) is 1.77. The zero-order valence-corrected chi connectivity index (χ0v) is 12.5. The molecule has 1 aromatic heterocycles. The second kappa shape index (κ2) is 6.69. The Hall–Kier alpha value is -0.380. The lowest BCUT2D eigenvalue weighted by atomic mass is 9.89. The summed E-state index contributed by atoms with van der Waals surface area (Å²) in [7, 11) is 0. The summed E-state index contributed by atoms with van der Waals surface area (Å²) >= 11 is 1.87. The normalized spacial score (nSPS) is 22.3. The van der Waals surface area contributed by atoms with Gasteiger partial charge in [-0.3, -0.25) is 4.90 Å². The van der Waals surface area contributed by atoms with Crippen LogP contribution in [0.15, 0.2) is 12.1 Å². The fourth-order valence-electron chi connectivity index (χ4n) is 2.84. The van der Waals surface area contributed by atoms with Crippen molar-refractivity contribution in [2.45, 2.75) is 46.2 Å². The highest BCUT2D eigenvalue weighted by Crippen LogP contribution is 2.26. The number of nitrogens with zero attached hydrogens (tertiary/aromatic N) is 1. The van der Waals surface area contributed by atoms with Crippen molar-refractivity contribution >= 4 is 11.3 Å². The first kappa shape index (κ1) is 14.0. The molecule has 0 bridgehead atoms. The van der Waals surface area contributed by atoms with E-state index in [2.05, 4.69) is 30.9 Å². The molecule has 0 radical (unpaired) electrons. The number of thiophene rings is 1. The Balaban J connectivity index is 1.86. The molecule has 2 rings (SSSR count). The molecule has 0 aliphatic carbocycles. The average Bonchev–Trinajstić information content (AvgIpc) is 2.66. The minimum Gasteiger partial charge on any atom is -0.326 e. The Morgan fingerprint density at radius 3 is 2.72 bits per heavy atom. The molecule has 1 unspecified atom stereocenters. The molecule has 0 amide bonds. The molecule has 2 heterocycles. The van der Waals surface area contributed by atoms with E-state index in [1.165, 1.54) is 42.1 Å². The lowest BCUT2D eigenvalue weighted by Gasteiger charge is -2.20. The third kappa shape index (κ3) is 3.81. The molecule has 1 aliphatic heterocycles. The molecule has 18 heavy (non-hydrogen) atoms. The Bertz CT molecular complexity index is 359. The van der Waals surface area contributed by atoms with Crippen LogP contribution in [0.2, 0.25) is 0 Å². The van der Waals surface area contributed by atoms with E-state index < -0.39 is 0 Å². The summed E-state index contributed by atoms with van der Waals surface area (Å²) in [6.07, 6.45) is 4.14. The van der Waals surface area contributed by atoms with Crippen LogP contribution in [0.25, 0.3) is 0 Å². The highest BCUT2D eigenvalue weighted by atomic mass is 32.1. The van der Waals surface area contributed by atoms with Gasteiger partial charge < -0.3 is 5.73 Å². The van der Waals surface area contributed by atoms with E-state index in [1.807, 2.05) is 11.3 Å². The van der Waals surface area contributed by atoms with E-state index in [9.17, 15) is 0 Å². The van der Waals surface area contributed by atoms with Crippen molar-refractivity contribution in [2.24, 2.45) is 17.6 Å². The molecule has 1 atom stereocenters. The van der Waals surface area contributed by atoms with Crippen molar-refractivity contribution in [1.82, 2.24) is 4.90 Å². The maximum atomic E-state index is 5.67. The molecule has 2 N–H and O–H groups in total. The van der Waals surface area contributed by atoms with Crippen LogP contribution in [0.3, 0.4) is 0 Å². The van der Waals surface area contributed by atoms with Gasteiger partial charge in [0.15, 0.2) is 0 Å². The van der Waals surface area contributed by atoms with Crippen molar-refractivity contribution in [2.75, 3.05) is 13.1 Å². The maximum absolute atomic E-state index is 5.67. The van der Waals surface area contributed by atoms with Crippen molar-refractivity contribution < 1.29 is 0 Å². The first-order valence-corrected chi connectivity index (χ1v) is 8.00. The Morgan fingerprint density at radius 1 is 1.28 bits per heavy atom.